The van der Waals surface area contributed by atoms with Crippen LogP contribution in [0, 0.1) is 40.4 Å². The molecule has 0 radical (unpaired) electrons. The summed E-state index contributed by atoms with van der Waals surface area (Å²) in [5.74, 6) is 4.89. The molecule has 4 fully saturated rings. The second kappa shape index (κ2) is 9.73. The average molecular weight is 443 g/mol. The first-order chi connectivity index (χ1) is 15.2. The van der Waals surface area contributed by atoms with Crippen LogP contribution < -0.4 is 0 Å². The molecule has 0 aromatic carbocycles. The molecular formula is C30H54N2. The van der Waals surface area contributed by atoms with Gasteiger partial charge in [0.1, 0.15) is 0 Å². The molecule has 0 aromatic heterocycles. The third-order valence-corrected chi connectivity index (χ3v) is 11.9. The molecule has 2 nitrogen and oxygen atoms in total. The molecule has 0 amide bonds. The van der Waals surface area contributed by atoms with Gasteiger partial charge in [-0.25, -0.2) is 0 Å². The summed E-state index contributed by atoms with van der Waals surface area (Å²) < 4.78 is 0. The molecule has 0 saturated heterocycles. The van der Waals surface area contributed by atoms with Crippen molar-refractivity contribution in [3.63, 3.8) is 0 Å². The number of unbranched alkanes of at least 4 members (excludes halogenated alkanes) is 2. The lowest BCUT2D eigenvalue weighted by Gasteiger charge is -2.62. The van der Waals surface area contributed by atoms with Crippen molar-refractivity contribution in [2.45, 2.75) is 110 Å². The van der Waals surface area contributed by atoms with Gasteiger partial charge in [-0.05, 0) is 152 Å². The standard InChI is InChI=1S/C30H54N2/c1-8-9-10-11-20-32(7)24-16-18-29(3)23(21-24)12-13-25-27-15-14-26(22(2)31(5)6)30(27,4)19-17-28(25)29/h8,22-28H,1,9-21H2,2-7H3/t22-,23-,24-,25-,26+,27-,28-,29-,30+/m0/s1. The Labute approximate surface area is 200 Å². The van der Waals surface area contributed by atoms with Crippen molar-refractivity contribution in [2.75, 3.05) is 27.7 Å². The Morgan fingerprint density at radius 3 is 2.34 bits per heavy atom. The molecule has 9 atom stereocenters. The predicted molar refractivity (Wildman–Crippen MR) is 139 cm³/mol. The van der Waals surface area contributed by atoms with Crippen LogP contribution in [-0.2, 0) is 0 Å². The van der Waals surface area contributed by atoms with Gasteiger partial charge in [0.2, 0.25) is 0 Å². The lowest BCUT2D eigenvalue weighted by Crippen LogP contribution is -2.56. The maximum Gasteiger partial charge on any atom is 0.00952 e. The van der Waals surface area contributed by atoms with Crippen LogP contribution in [0.4, 0.5) is 0 Å². The van der Waals surface area contributed by atoms with Crippen molar-refractivity contribution in [3.05, 3.63) is 12.7 Å². The van der Waals surface area contributed by atoms with Crippen LogP contribution in [0.5, 0.6) is 0 Å². The molecule has 0 spiro atoms. The minimum Gasteiger partial charge on any atom is -0.306 e. The Morgan fingerprint density at radius 1 is 0.906 bits per heavy atom. The summed E-state index contributed by atoms with van der Waals surface area (Å²) >= 11 is 0. The zero-order valence-electron chi connectivity index (χ0n) is 22.4. The van der Waals surface area contributed by atoms with Gasteiger partial charge in [0.25, 0.3) is 0 Å². The van der Waals surface area contributed by atoms with Crippen LogP contribution in [-0.4, -0.2) is 49.6 Å². The number of rotatable bonds is 8. The topological polar surface area (TPSA) is 6.48 Å². The number of allylic oxidation sites excluding steroid dienone is 1. The van der Waals surface area contributed by atoms with Crippen LogP contribution >= 0.6 is 0 Å². The molecule has 32 heavy (non-hydrogen) atoms. The molecule has 0 aliphatic heterocycles. The largest absolute Gasteiger partial charge is 0.306 e. The fourth-order valence-corrected chi connectivity index (χ4v) is 9.66. The molecule has 0 heterocycles. The van der Waals surface area contributed by atoms with Crippen LogP contribution in [0.25, 0.3) is 0 Å². The van der Waals surface area contributed by atoms with Gasteiger partial charge >= 0.3 is 0 Å². The fourth-order valence-electron chi connectivity index (χ4n) is 9.66. The second-order valence-corrected chi connectivity index (χ2v) is 13.3. The molecule has 0 bridgehead atoms. The van der Waals surface area contributed by atoms with E-state index in [-0.39, 0.29) is 0 Å². The minimum atomic E-state index is 0.594. The first kappa shape index (κ1) is 24.8. The summed E-state index contributed by atoms with van der Waals surface area (Å²) in [5, 5.41) is 0. The lowest BCUT2D eigenvalue weighted by molar-refractivity contribution is -0.123. The summed E-state index contributed by atoms with van der Waals surface area (Å²) in [7, 11) is 7.01. The summed E-state index contributed by atoms with van der Waals surface area (Å²) in [6.45, 7) is 13.1. The summed E-state index contributed by atoms with van der Waals surface area (Å²) in [4.78, 5) is 5.22. The first-order valence-electron chi connectivity index (χ1n) is 14.2. The second-order valence-electron chi connectivity index (χ2n) is 13.3. The van der Waals surface area contributed by atoms with Crippen LogP contribution in [0.1, 0.15) is 97.8 Å². The van der Waals surface area contributed by atoms with E-state index >= 15 is 0 Å². The minimum absolute atomic E-state index is 0.594. The molecule has 4 aliphatic carbocycles. The van der Waals surface area contributed by atoms with Gasteiger partial charge in [0, 0.05) is 12.1 Å². The zero-order valence-corrected chi connectivity index (χ0v) is 22.4. The van der Waals surface area contributed by atoms with Crippen molar-refractivity contribution in [1.29, 1.82) is 0 Å². The van der Waals surface area contributed by atoms with E-state index < -0.39 is 0 Å². The smallest absolute Gasteiger partial charge is 0.00952 e. The molecule has 2 heteroatoms. The van der Waals surface area contributed by atoms with Crippen molar-refractivity contribution >= 4 is 0 Å². The third kappa shape index (κ3) is 4.26. The Kier molecular flexibility index (Phi) is 7.53. The SMILES string of the molecule is C=CCCCCN(C)[C@H]1CC[C@@]2(C)[C@@H](CC[C@@H]3[C@@H]2CC[C@]2(C)[C@@H]([C@H](C)N(C)C)CC[C@@H]32)C1. The highest BCUT2D eigenvalue weighted by molar-refractivity contribution is 5.10. The van der Waals surface area contributed by atoms with Gasteiger partial charge in [-0.3, -0.25) is 0 Å². The van der Waals surface area contributed by atoms with Crippen molar-refractivity contribution < 1.29 is 0 Å². The van der Waals surface area contributed by atoms with E-state index in [4.69, 9.17) is 0 Å². The molecule has 0 N–H and O–H groups in total. The van der Waals surface area contributed by atoms with Gasteiger partial charge in [0.15, 0.2) is 0 Å². The number of fused-ring (bicyclic) bond motifs is 5. The highest BCUT2D eigenvalue weighted by atomic mass is 15.1. The Bertz CT molecular complexity index is 643. The van der Waals surface area contributed by atoms with E-state index in [1.54, 1.807) is 0 Å². The number of nitrogens with zero attached hydrogens (tertiary/aromatic N) is 2. The molecule has 0 aromatic rings. The van der Waals surface area contributed by atoms with E-state index in [0.717, 1.165) is 41.7 Å². The van der Waals surface area contributed by atoms with E-state index in [1.807, 2.05) is 0 Å². The van der Waals surface area contributed by atoms with Crippen LogP contribution in [0.15, 0.2) is 12.7 Å². The average Bonchev–Trinajstić information content (AvgIpc) is 3.12. The van der Waals surface area contributed by atoms with Gasteiger partial charge in [-0.2, -0.15) is 0 Å². The molecular weight excluding hydrogens is 388 g/mol. The van der Waals surface area contributed by atoms with E-state index in [2.05, 4.69) is 64.4 Å². The highest BCUT2D eigenvalue weighted by Crippen LogP contribution is 2.68. The van der Waals surface area contributed by atoms with Gasteiger partial charge in [-0.1, -0.05) is 19.9 Å². The van der Waals surface area contributed by atoms with E-state index in [9.17, 15) is 0 Å². The fraction of sp³-hybridized carbons (Fsp3) is 0.933. The molecule has 0 unspecified atom stereocenters. The van der Waals surface area contributed by atoms with Crippen molar-refractivity contribution in [3.8, 4) is 0 Å². The normalized spacial score (nSPS) is 44.8. The first-order valence-corrected chi connectivity index (χ1v) is 14.2. The maximum atomic E-state index is 3.88. The summed E-state index contributed by atoms with van der Waals surface area (Å²) in [6, 6.07) is 1.56. The van der Waals surface area contributed by atoms with Gasteiger partial charge in [-0.15, -0.1) is 6.58 Å². The Balaban J connectivity index is 1.41. The zero-order chi connectivity index (χ0) is 23.1. The molecule has 4 saturated carbocycles. The Hall–Kier alpha value is -0.340. The lowest BCUT2D eigenvalue weighted by atomic mass is 9.44. The molecule has 4 rings (SSSR count). The van der Waals surface area contributed by atoms with Crippen LogP contribution in [0.2, 0.25) is 0 Å². The van der Waals surface area contributed by atoms with E-state index in [1.165, 1.54) is 83.6 Å². The van der Waals surface area contributed by atoms with Crippen LogP contribution in [0.3, 0.4) is 0 Å². The quantitative estimate of drug-likeness (QED) is 0.288. The van der Waals surface area contributed by atoms with E-state index in [0.29, 0.717) is 10.8 Å². The Morgan fingerprint density at radius 2 is 1.62 bits per heavy atom. The number of hydrogen-bond donors (Lipinski definition) is 0. The number of hydrogen-bond acceptors (Lipinski definition) is 2. The molecule has 184 valence electrons. The highest BCUT2D eigenvalue weighted by Gasteiger charge is 2.60. The summed E-state index contributed by atoms with van der Waals surface area (Å²) in [6.07, 6.45) is 19.3. The van der Waals surface area contributed by atoms with Gasteiger partial charge in [0.05, 0.1) is 0 Å². The monoisotopic (exact) mass is 442 g/mol. The molecule has 4 aliphatic rings. The maximum absolute atomic E-state index is 3.88. The van der Waals surface area contributed by atoms with Crippen molar-refractivity contribution in [1.82, 2.24) is 9.80 Å². The van der Waals surface area contributed by atoms with Gasteiger partial charge < -0.3 is 9.80 Å². The predicted octanol–water partition coefficient (Wildman–Crippen LogP) is 7.25. The summed E-state index contributed by atoms with van der Waals surface area (Å²) in [5.41, 5.74) is 1.21. The van der Waals surface area contributed by atoms with Crippen molar-refractivity contribution in [2.24, 2.45) is 40.4 Å². The third-order valence-electron chi connectivity index (χ3n) is 11.9.